The Morgan fingerprint density at radius 3 is 1.48 bits per heavy atom. The van der Waals surface area contributed by atoms with Gasteiger partial charge in [0.2, 0.25) is 35.0 Å². The maximum atomic E-state index is 12.0. The number of hydroxylamine groups is 4. The number of rotatable bonds is 4. The minimum absolute atomic E-state index is 0. The molecular formula is C35H42ClN10O12S2-. The van der Waals surface area contributed by atoms with Crippen LogP contribution in [-0.2, 0) is 25.3 Å². The molecule has 324 valence electrons. The fourth-order valence-electron chi connectivity index (χ4n) is 6.03. The number of aryl methyl sites for hydroxylation is 3. The van der Waals surface area contributed by atoms with Crippen LogP contribution in [0.1, 0.15) is 66.2 Å². The minimum Gasteiger partial charge on any atom is -0.724 e. The first-order valence-corrected chi connectivity index (χ1v) is 20.1. The lowest BCUT2D eigenvalue weighted by Crippen LogP contribution is -2.35. The summed E-state index contributed by atoms with van der Waals surface area (Å²) in [5, 5.41) is 25.5. The Kier molecular flexibility index (Phi) is 19.1. The fraction of sp³-hybridized carbons (Fsp3) is 0.371. The third kappa shape index (κ3) is 15.0. The highest BCUT2D eigenvalue weighted by Crippen LogP contribution is 2.38. The topological polar surface area (TPSA) is 289 Å². The molecular weight excluding hydrogens is 852 g/mol. The molecule has 4 fully saturated rings. The number of pyridine rings is 2. The van der Waals surface area contributed by atoms with Crippen LogP contribution in [0, 0.1) is 20.8 Å². The van der Waals surface area contributed by atoms with Crippen LogP contribution in [0.15, 0.2) is 101 Å². The van der Waals surface area contributed by atoms with E-state index < -0.39 is 39.1 Å². The van der Waals surface area contributed by atoms with Crippen LogP contribution in [0.3, 0.4) is 0 Å². The molecule has 4 amide bonds. The van der Waals surface area contributed by atoms with Crippen LogP contribution >= 0.6 is 12.4 Å². The van der Waals surface area contributed by atoms with E-state index >= 15 is 0 Å². The van der Waals surface area contributed by atoms with Crippen LogP contribution in [0.5, 0.6) is 0 Å². The molecule has 22 nitrogen and oxygen atoms in total. The van der Waals surface area contributed by atoms with Gasteiger partial charge in [-0.15, -0.1) is 45.4 Å². The number of nitrogens with zero attached hydrogens (tertiary/aromatic N) is 10. The molecule has 4 bridgehead atoms. The summed E-state index contributed by atoms with van der Waals surface area (Å²) < 4.78 is 71.5. The summed E-state index contributed by atoms with van der Waals surface area (Å²) >= 11 is 0. The van der Waals surface area contributed by atoms with Gasteiger partial charge in [-0.2, -0.15) is 9.35 Å². The van der Waals surface area contributed by atoms with Gasteiger partial charge in [0.1, 0.15) is 12.1 Å². The lowest BCUT2D eigenvalue weighted by atomic mass is 10.0. The molecule has 4 aliphatic heterocycles. The zero-order chi connectivity index (χ0) is 43.0. The van der Waals surface area contributed by atoms with Crippen molar-refractivity contribution < 1.29 is 53.5 Å². The second-order valence-corrected chi connectivity index (χ2v) is 14.4. The molecule has 0 aliphatic carbocycles. The highest BCUT2D eigenvalue weighted by atomic mass is 35.5. The highest BCUT2D eigenvalue weighted by molar-refractivity contribution is 7.80. The lowest BCUT2D eigenvalue weighted by molar-refractivity contribution is -0.0584. The van der Waals surface area contributed by atoms with Crippen LogP contribution < -0.4 is 0 Å². The first kappa shape index (κ1) is 48.4. The van der Waals surface area contributed by atoms with E-state index in [1.807, 2.05) is 56.3 Å². The molecule has 0 unspecified atom stereocenters. The molecule has 1 N–H and O–H groups in total. The van der Waals surface area contributed by atoms with Gasteiger partial charge in [0.15, 0.2) is 0 Å². The lowest BCUT2D eigenvalue weighted by Gasteiger charge is -2.27. The Labute approximate surface area is 352 Å². The van der Waals surface area contributed by atoms with Crippen molar-refractivity contribution in [3.8, 4) is 0 Å². The quantitative estimate of drug-likeness (QED) is 0.151. The number of fused-ring (bicyclic) bond motifs is 4. The SMILES string of the molecule is Cc1ccccc1.Cc1ccncc1.Cc1ccncc1.Cl.O=C1N(O)[C@@H]2CC[C@@H](c3nnco3)N1C2.O=C1N2C[C@@H](CC[C@H]2c2nnco2)N1OS(=O)(=O)[O-].O=S(=O)=O. The zero-order valence-electron chi connectivity index (χ0n) is 32.3. The number of hydrogen-bond acceptors (Lipinski definition) is 18. The van der Waals surface area contributed by atoms with Crippen LogP contribution in [-0.4, -0.2) is 118 Å². The molecule has 0 saturated carbocycles. The average molecular weight is 894 g/mol. The minimum atomic E-state index is -4.97. The summed E-state index contributed by atoms with van der Waals surface area (Å²) in [5.74, 6) is 0.718. The van der Waals surface area contributed by atoms with E-state index in [-0.39, 0.29) is 43.0 Å². The van der Waals surface area contributed by atoms with Gasteiger partial charge < -0.3 is 23.2 Å². The standard InChI is InChI=1S/C8H10N4O6S.C8H10N4O3.C7H8.2C6H7N.ClH.O3S/c13-8-11-3-5(12(8)18-19(14,15)16)1-2-6(11)7-10-9-4-17-7;13-8-11-3-5(12(8)14)1-2-6(11)7-10-9-4-15-7;1-7-5-3-2-4-6-7;2*1-6-2-4-7-5-3-6;;1-4(2)3/h4-6H,1-3H2,(H,14,15,16);4-6,14H,1-3H2;2-6H,1H3;2*2-5H,1H3;1H;/p-1/t2*5-,6+;;;;;/m11...../s1. The van der Waals surface area contributed by atoms with Gasteiger partial charge in [-0.3, -0.25) is 15.2 Å². The molecule has 60 heavy (non-hydrogen) atoms. The summed E-state index contributed by atoms with van der Waals surface area (Å²) in [4.78, 5) is 34.2. The van der Waals surface area contributed by atoms with Crippen molar-refractivity contribution >= 4 is 45.5 Å². The van der Waals surface area contributed by atoms with E-state index in [1.165, 1.54) is 28.0 Å². The molecule has 9 rings (SSSR count). The summed E-state index contributed by atoms with van der Waals surface area (Å²) in [6.07, 6.45) is 12.1. The summed E-state index contributed by atoms with van der Waals surface area (Å²) in [7, 11) is -8.08. The van der Waals surface area contributed by atoms with Gasteiger partial charge in [0, 0.05) is 37.9 Å². The van der Waals surface area contributed by atoms with Gasteiger partial charge in [-0.1, -0.05) is 35.9 Å². The van der Waals surface area contributed by atoms with Crippen molar-refractivity contribution in [1.29, 1.82) is 0 Å². The molecule has 25 heteroatoms. The van der Waals surface area contributed by atoms with Crippen molar-refractivity contribution in [1.82, 2.24) is 50.3 Å². The summed E-state index contributed by atoms with van der Waals surface area (Å²) in [5.41, 5.74) is 3.84. The second-order valence-electron chi connectivity index (χ2n) is 13.0. The largest absolute Gasteiger partial charge is 0.724 e. The number of halogens is 1. The maximum absolute atomic E-state index is 12.0. The van der Waals surface area contributed by atoms with E-state index in [0.717, 1.165) is 24.3 Å². The first-order valence-electron chi connectivity index (χ1n) is 17.7. The number of piperidine rings is 2. The van der Waals surface area contributed by atoms with Crippen LogP contribution in [0.25, 0.3) is 0 Å². The normalized spacial score (nSPS) is 19.6. The molecule has 4 aliphatic rings. The van der Waals surface area contributed by atoms with Gasteiger partial charge in [-0.25, -0.2) is 23.1 Å². The number of hydrogen-bond donors (Lipinski definition) is 1. The van der Waals surface area contributed by atoms with Crippen LogP contribution in [0.2, 0.25) is 0 Å². The predicted octanol–water partition coefficient (Wildman–Crippen LogP) is 4.00. The van der Waals surface area contributed by atoms with E-state index in [9.17, 15) is 27.8 Å². The molecule has 5 aromatic rings. The zero-order valence-corrected chi connectivity index (χ0v) is 34.8. The first-order chi connectivity index (χ1) is 28.1. The van der Waals surface area contributed by atoms with Crippen molar-refractivity contribution in [3.63, 3.8) is 0 Å². The van der Waals surface area contributed by atoms with Gasteiger partial charge in [-0.05, 0) is 81.8 Å². The number of aromatic nitrogens is 6. The van der Waals surface area contributed by atoms with E-state index in [4.69, 9.17) is 21.5 Å². The molecule has 0 spiro atoms. The number of benzene rings is 1. The molecule has 4 aromatic heterocycles. The van der Waals surface area contributed by atoms with Crippen molar-refractivity contribution in [3.05, 3.63) is 121 Å². The van der Waals surface area contributed by atoms with E-state index in [1.54, 1.807) is 29.7 Å². The van der Waals surface area contributed by atoms with Gasteiger partial charge in [0.25, 0.3) is 0 Å². The number of carbonyl (C=O) groups is 2. The maximum Gasteiger partial charge on any atom is 0.425 e. The van der Waals surface area contributed by atoms with E-state index in [2.05, 4.69) is 53.7 Å². The molecule has 4 saturated heterocycles. The molecule has 8 heterocycles. The van der Waals surface area contributed by atoms with Crippen LogP contribution in [0.4, 0.5) is 9.59 Å². The predicted molar refractivity (Wildman–Crippen MR) is 207 cm³/mol. The Morgan fingerprint density at radius 1 is 0.700 bits per heavy atom. The Hall–Kier alpha value is -5.92. The third-order valence-corrected chi connectivity index (χ3v) is 9.14. The van der Waals surface area contributed by atoms with Crippen molar-refractivity contribution in [2.24, 2.45) is 0 Å². The van der Waals surface area contributed by atoms with Gasteiger partial charge in [0.05, 0.1) is 12.1 Å². The van der Waals surface area contributed by atoms with Crippen molar-refractivity contribution in [2.75, 3.05) is 13.1 Å². The smallest absolute Gasteiger partial charge is 0.425 e. The number of amides is 4. The Morgan fingerprint density at radius 2 is 1.12 bits per heavy atom. The van der Waals surface area contributed by atoms with E-state index in [0.29, 0.717) is 30.3 Å². The molecule has 0 radical (unpaired) electrons. The Bertz CT molecular complexity index is 2160. The average Bonchev–Trinajstić information content (AvgIpc) is 4.03. The molecule has 1 aromatic carbocycles. The monoisotopic (exact) mass is 893 g/mol. The summed E-state index contributed by atoms with van der Waals surface area (Å²) in [6, 6.07) is 15.9. The Balaban J connectivity index is 0.000000208. The summed E-state index contributed by atoms with van der Waals surface area (Å²) in [6.45, 7) is 6.95. The van der Waals surface area contributed by atoms with Gasteiger partial charge >= 0.3 is 22.7 Å². The fourth-order valence-corrected chi connectivity index (χ4v) is 6.42. The molecule has 4 atom stereocenters. The number of carbonyl (C=O) groups excluding carboxylic acids is 2. The second kappa shape index (κ2) is 23.6. The van der Waals surface area contributed by atoms with Crippen molar-refractivity contribution in [2.45, 2.75) is 70.6 Å². The number of urea groups is 2. The third-order valence-electron chi connectivity index (χ3n) is 8.80. The highest BCUT2D eigenvalue weighted by Gasteiger charge is 2.49.